The minimum Gasteiger partial charge on any atom is -0.363 e. The van der Waals surface area contributed by atoms with E-state index >= 15 is 0 Å². The molecule has 1 saturated carbocycles. The van der Waals surface area contributed by atoms with E-state index in [0.717, 1.165) is 36.8 Å². The minimum absolute atomic E-state index is 0.00588. The smallest absolute Gasteiger partial charge is 0.242 e. The van der Waals surface area contributed by atoms with Gasteiger partial charge in [0.2, 0.25) is 10.0 Å². The van der Waals surface area contributed by atoms with Gasteiger partial charge in [-0.1, -0.05) is 6.07 Å². The summed E-state index contributed by atoms with van der Waals surface area (Å²) < 4.78 is 40.5. The van der Waals surface area contributed by atoms with E-state index in [1.54, 1.807) is 18.2 Å². The summed E-state index contributed by atoms with van der Waals surface area (Å²) in [6.07, 6.45) is 5.30. The first-order chi connectivity index (χ1) is 12.0. The van der Waals surface area contributed by atoms with Crippen molar-refractivity contribution >= 4 is 15.8 Å². The molecule has 2 aromatic rings. The van der Waals surface area contributed by atoms with Crippen LogP contribution < -0.4 is 10.0 Å². The Labute approximate surface area is 146 Å². The molecule has 1 fully saturated rings. The third-order valence-corrected chi connectivity index (χ3v) is 6.22. The zero-order valence-electron chi connectivity index (χ0n) is 13.7. The van der Waals surface area contributed by atoms with Crippen molar-refractivity contribution in [2.75, 3.05) is 11.9 Å². The Morgan fingerprint density at radius 2 is 2.00 bits per heavy atom. The highest BCUT2D eigenvalue weighted by atomic mass is 32.2. The maximum Gasteiger partial charge on any atom is 0.242 e. The topological polar surface area (TPSA) is 71.1 Å². The van der Waals surface area contributed by atoms with E-state index in [1.807, 2.05) is 6.07 Å². The SMILES string of the molecule is O=S(=O)(NCC1CC1)c1ccc(NC2CCc3ccc(F)cc32)nc1. The molecule has 2 N–H and O–H groups in total. The van der Waals surface area contributed by atoms with Crippen LogP contribution in [0.5, 0.6) is 0 Å². The van der Waals surface area contributed by atoms with Gasteiger partial charge in [0.15, 0.2) is 0 Å². The highest BCUT2D eigenvalue weighted by molar-refractivity contribution is 7.89. The van der Waals surface area contributed by atoms with E-state index in [9.17, 15) is 12.8 Å². The fraction of sp³-hybridized carbons (Fsp3) is 0.389. The maximum atomic E-state index is 13.5. The summed E-state index contributed by atoms with van der Waals surface area (Å²) in [5.41, 5.74) is 2.09. The molecule has 4 rings (SSSR count). The van der Waals surface area contributed by atoms with Crippen LogP contribution in [-0.4, -0.2) is 19.9 Å². The molecular weight excluding hydrogens is 341 g/mol. The van der Waals surface area contributed by atoms with Gasteiger partial charge in [-0.05, 0) is 67.0 Å². The van der Waals surface area contributed by atoms with Gasteiger partial charge in [0.05, 0.1) is 6.04 Å². The Morgan fingerprint density at radius 3 is 2.72 bits per heavy atom. The van der Waals surface area contributed by atoms with E-state index in [4.69, 9.17) is 0 Å². The number of fused-ring (bicyclic) bond motifs is 1. The molecule has 132 valence electrons. The molecule has 25 heavy (non-hydrogen) atoms. The highest BCUT2D eigenvalue weighted by Crippen LogP contribution is 2.34. The first-order valence-electron chi connectivity index (χ1n) is 8.52. The number of nitrogens with zero attached hydrogens (tertiary/aromatic N) is 1. The molecule has 5 nitrogen and oxygen atoms in total. The first kappa shape index (κ1) is 16.5. The number of rotatable bonds is 6. The second kappa shape index (κ2) is 6.38. The van der Waals surface area contributed by atoms with Crippen molar-refractivity contribution in [3.8, 4) is 0 Å². The largest absolute Gasteiger partial charge is 0.363 e. The van der Waals surface area contributed by atoms with Crippen LogP contribution in [0.15, 0.2) is 41.4 Å². The standard InChI is InChI=1S/C18H20FN3O2S/c19-14-5-3-13-4-7-17(16(13)9-14)22-18-8-6-15(11-20-18)25(23,24)21-10-12-1-2-12/h3,5-6,8-9,11-12,17,21H,1-2,4,7,10H2,(H,20,22). The Bertz CT molecular complexity index is 880. The van der Waals surface area contributed by atoms with E-state index in [0.29, 0.717) is 18.3 Å². The summed E-state index contributed by atoms with van der Waals surface area (Å²) in [4.78, 5) is 4.39. The van der Waals surface area contributed by atoms with Crippen molar-refractivity contribution in [1.82, 2.24) is 9.71 Å². The molecule has 0 aliphatic heterocycles. The number of halogens is 1. The van der Waals surface area contributed by atoms with Gasteiger partial charge in [0, 0.05) is 12.7 Å². The maximum absolute atomic E-state index is 13.5. The Balaban J connectivity index is 1.45. The van der Waals surface area contributed by atoms with E-state index in [-0.39, 0.29) is 16.8 Å². The van der Waals surface area contributed by atoms with Gasteiger partial charge in [-0.15, -0.1) is 0 Å². The molecule has 2 aliphatic carbocycles. The van der Waals surface area contributed by atoms with Crippen LogP contribution in [-0.2, 0) is 16.4 Å². The van der Waals surface area contributed by atoms with Crippen LogP contribution in [0.1, 0.15) is 36.4 Å². The van der Waals surface area contributed by atoms with Gasteiger partial charge >= 0.3 is 0 Å². The van der Waals surface area contributed by atoms with Crippen molar-refractivity contribution in [2.24, 2.45) is 5.92 Å². The summed E-state index contributed by atoms with van der Waals surface area (Å²) >= 11 is 0. The second-order valence-electron chi connectivity index (χ2n) is 6.75. The van der Waals surface area contributed by atoms with Crippen LogP contribution in [0.2, 0.25) is 0 Å². The highest BCUT2D eigenvalue weighted by Gasteiger charge is 2.25. The Hall–Kier alpha value is -1.99. The van der Waals surface area contributed by atoms with Gasteiger partial charge in [0.1, 0.15) is 16.5 Å². The molecule has 0 saturated heterocycles. The molecule has 1 heterocycles. The second-order valence-corrected chi connectivity index (χ2v) is 8.52. The monoisotopic (exact) mass is 361 g/mol. The van der Waals surface area contributed by atoms with Crippen molar-refractivity contribution < 1.29 is 12.8 Å². The normalized spacial score (nSPS) is 19.6. The number of anilines is 1. The predicted octanol–water partition coefficient (Wildman–Crippen LogP) is 3.01. The lowest BCUT2D eigenvalue weighted by Crippen LogP contribution is -2.26. The van der Waals surface area contributed by atoms with E-state index in [1.165, 1.54) is 12.3 Å². The van der Waals surface area contributed by atoms with Crippen molar-refractivity contribution in [3.63, 3.8) is 0 Å². The van der Waals surface area contributed by atoms with Crippen molar-refractivity contribution in [2.45, 2.75) is 36.6 Å². The van der Waals surface area contributed by atoms with Crippen LogP contribution in [0.3, 0.4) is 0 Å². The third-order valence-electron chi connectivity index (χ3n) is 4.81. The first-order valence-corrected chi connectivity index (χ1v) is 10.0. The third kappa shape index (κ3) is 3.67. The van der Waals surface area contributed by atoms with Gasteiger partial charge in [-0.3, -0.25) is 0 Å². The lowest BCUT2D eigenvalue weighted by atomic mass is 10.1. The summed E-state index contributed by atoms with van der Waals surface area (Å²) in [5, 5.41) is 3.27. The molecule has 1 unspecified atom stereocenters. The van der Waals surface area contributed by atoms with Crippen LogP contribution in [0.4, 0.5) is 10.2 Å². The van der Waals surface area contributed by atoms with Gasteiger partial charge in [-0.25, -0.2) is 22.5 Å². The molecule has 0 spiro atoms. The number of aryl methyl sites for hydroxylation is 1. The summed E-state index contributed by atoms with van der Waals surface area (Å²) in [7, 11) is -3.50. The molecule has 1 atom stereocenters. The molecule has 2 aliphatic rings. The number of nitrogens with one attached hydrogen (secondary N) is 2. The average molecular weight is 361 g/mol. The zero-order chi connectivity index (χ0) is 17.4. The van der Waals surface area contributed by atoms with Gasteiger partial charge < -0.3 is 5.32 Å². The average Bonchev–Trinajstić information content (AvgIpc) is 3.36. The quantitative estimate of drug-likeness (QED) is 0.830. The molecular formula is C18H20FN3O2S. The number of hydrogen-bond acceptors (Lipinski definition) is 4. The molecule has 1 aromatic carbocycles. The molecule has 1 aromatic heterocycles. The Kier molecular flexibility index (Phi) is 4.21. The summed E-state index contributed by atoms with van der Waals surface area (Å²) in [5.74, 6) is 0.818. The van der Waals surface area contributed by atoms with Crippen molar-refractivity contribution in [1.29, 1.82) is 0 Å². The molecule has 0 radical (unpaired) electrons. The minimum atomic E-state index is -3.50. The van der Waals surface area contributed by atoms with E-state index in [2.05, 4.69) is 15.0 Å². The van der Waals surface area contributed by atoms with Crippen molar-refractivity contribution in [3.05, 3.63) is 53.5 Å². The molecule has 0 bridgehead atoms. The van der Waals surface area contributed by atoms with Gasteiger partial charge in [0.25, 0.3) is 0 Å². The Morgan fingerprint density at radius 1 is 1.16 bits per heavy atom. The van der Waals surface area contributed by atoms with Crippen LogP contribution in [0, 0.1) is 11.7 Å². The van der Waals surface area contributed by atoms with Gasteiger partial charge in [-0.2, -0.15) is 0 Å². The fourth-order valence-electron chi connectivity index (χ4n) is 3.16. The molecule has 7 heteroatoms. The summed E-state index contributed by atoms with van der Waals surface area (Å²) in [6, 6.07) is 8.05. The molecule has 0 amide bonds. The number of benzene rings is 1. The predicted molar refractivity (Wildman–Crippen MR) is 93.2 cm³/mol. The van der Waals surface area contributed by atoms with E-state index < -0.39 is 10.0 Å². The van der Waals surface area contributed by atoms with Crippen LogP contribution in [0.25, 0.3) is 0 Å². The summed E-state index contributed by atoms with van der Waals surface area (Å²) in [6.45, 7) is 0.493. The zero-order valence-corrected chi connectivity index (χ0v) is 14.5. The number of aromatic nitrogens is 1. The number of sulfonamides is 1. The number of pyridine rings is 1. The van der Waals surface area contributed by atoms with Crippen LogP contribution >= 0.6 is 0 Å². The lowest BCUT2D eigenvalue weighted by Gasteiger charge is -2.15. The number of hydrogen-bond donors (Lipinski definition) is 2. The fourth-order valence-corrected chi connectivity index (χ4v) is 4.22. The lowest BCUT2D eigenvalue weighted by molar-refractivity contribution is 0.577.